The van der Waals surface area contributed by atoms with E-state index in [1.165, 1.54) is 0 Å². The van der Waals surface area contributed by atoms with E-state index < -0.39 is 0 Å². The fraction of sp³-hybridized carbons (Fsp3) is 1.00. The van der Waals surface area contributed by atoms with Crippen molar-refractivity contribution < 1.29 is 9.84 Å². The number of aliphatic hydroxyl groups is 1. The maximum atomic E-state index is 9.42. The summed E-state index contributed by atoms with van der Waals surface area (Å²) in [6.45, 7) is 6.35. The second-order valence-corrected chi connectivity index (χ2v) is 4.49. The minimum Gasteiger partial charge on any atom is -0.396 e. The molecule has 4 heteroatoms. The third-order valence-electron chi connectivity index (χ3n) is 3.59. The lowest BCUT2D eigenvalue weighted by Gasteiger charge is -2.37. The fourth-order valence-electron chi connectivity index (χ4n) is 2.68. The Kier molecular flexibility index (Phi) is 4.38. The highest BCUT2D eigenvalue weighted by Crippen LogP contribution is 2.21. The Hall–Kier alpha value is -0.160. The molecule has 0 spiro atoms. The third kappa shape index (κ3) is 2.91. The van der Waals surface area contributed by atoms with Crippen molar-refractivity contribution in [1.82, 2.24) is 10.2 Å². The molecule has 0 aromatic rings. The zero-order valence-electron chi connectivity index (χ0n) is 9.32. The molecule has 0 saturated carbocycles. The van der Waals surface area contributed by atoms with Gasteiger partial charge in [-0.2, -0.15) is 0 Å². The normalized spacial score (nSPS) is 35.0. The van der Waals surface area contributed by atoms with Gasteiger partial charge in [-0.3, -0.25) is 4.90 Å². The van der Waals surface area contributed by atoms with Crippen LogP contribution >= 0.6 is 0 Å². The smallest absolute Gasteiger partial charge is 0.0481 e. The topological polar surface area (TPSA) is 44.7 Å². The quantitative estimate of drug-likeness (QED) is 0.661. The van der Waals surface area contributed by atoms with Crippen LogP contribution in [-0.4, -0.2) is 62.0 Å². The largest absolute Gasteiger partial charge is 0.396 e. The minimum absolute atomic E-state index is 0.304. The molecule has 88 valence electrons. The van der Waals surface area contributed by atoms with Crippen molar-refractivity contribution in [3.63, 3.8) is 0 Å². The maximum Gasteiger partial charge on any atom is 0.0481 e. The Morgan fingerprint density at radius 2 is 1.93 bits per heavy atom. The van der Waals surface area contributed by atoms with Crippen LogP contribution in [0.15, 0.2) is 0 Å². The molecule has 0 amide bonds. The molecule has 0 radical (unpaired) electrons. The summed E-state index contributed by atoms with van der Waals surface area (Å²) in [5, 5.41) is 12.8. The van der Waals surface area contributed by atoms with E-state index in [4.69, 9.17) is 4.74 Å². The molecule has 2 aliphatic rings. The van der Waals surface area contributed by atoms with Crippen LogP contribution in [0.5, 0.6) is 0 Å². The van der Waals surface area contributed by atoms with Crippen molar-refractivity contribution in [1.29, 1.82) is 0 Å². The summed E-state index contributed by atoms with van der Waals surface area (Å²) >= 11 is 0. The van der Waals surface area contributed by atoms with Gasteiger partial charge in [0.05, 0.1) is 0 Å². The van der Waals surface area contributed by atoms with Gasteiger partial charge in [0.1, 0.15) is 0 Å². The third-order valence-corrected chi connectivity index (χ3v) is 3.59. The minimum atomic E-state index is 0.304. The Balaban J connectivity index is 1.95. The van der Waals surface area contributed by atoms with Crippen LogP contribution in [0, 0.1) is 5.92 Å². The number of hydrogen-bond acceptors (Lipinski definition) is 4. The molecule has 2 rings (SSSR count). The van der Waals surface area contributed by atoms with E-state index in [1.807, 2.05) is 0 Å². The first-order chi connectivity index (χ1) is 7.42. The Morgan fingerprint density at radius 3 is 2.67 bits per heavy atom. The summed E-state index contributed by atoms with van der Waals surface area (Å²) in [4.78, 5) is 2.52. The molecule has 2 unspecified atom stereocenters. The molecule has 4 nitrogen and oxygen atoms in total. The van der Waals surface area contributed by atoms with Crippen molar-refractivity contribution in [3.8, 4) is 0 Å². The Bertz CT molecular complexity index is 183. The number of ether oxygens (including phenoxy) is 1. The lowest BCUT2D eigenvalue weighted by atomic mass is 9.94. The average Bonchev–Trinajstić information content (AvgIpc) is 2.55. The van der Waals surface area contributed by atoms with E-state index in [2.05, 4.69) is 10.2 Å². The fourth-order valence-corrected chi connectivity index (χ4v) is 2.68. The van der Waals surface area contributed by atoms with Crippen molar-refractivity contribution in [2.24, 2.45) is 5.92 Å². The van der Waals surface area contributed by atoms with Crippen LogP contribution in [0.25, 0.3) is 0 Å². The molecule has 0 aliphatic carbocycles. The Labute approximate surface area is 91.6 Å². The van der Waals surface area contributed by atoms with E-state index >= 15 is 0 Å². The lowest BCUT2D eigenvalue weighted by molar-refractivity contribution is 0.0834. The highest BCUT2D eigenvalue weighted by Gasteiger charge is 2.29. The first-order valence-corrected chi connectivity index (χ1v) is 6.05. The average molecular weight is 214 g/mol. The summed E-state index contributed by atoms with van der Waals surface area (Å²) in [6, 6.07) is 0.527. The van der Waals surface area contributed by atoms with E-state index in [0.29, 0.717) is 18.6 Å². The zero-order valence-corrected chi connectivity index (χ0v) is 9.32. The number of rotatable bonds is 2. The van der Waals surface area contributed by atoms with E-state index in [1.54, 1.807) is 0 Å². The first kappa shape index (κ1) is 11.3. The molecular weight excluding hydrogens is 192 g/mol. The van der Waals surface area contributed by atoms with Gasteiger partial charge in [0, 0.05) is 52.0 Å². The number of hydrogen-bond donors (Lipinski definition) is 2. The molecule has 2 aliphatic heterocycles. The van der Waals surface area contributed by atoms with Gasteiger partial charge in [-0.25, -0.2) is 0 Å². The summed E-state index contributed by atoms with van der Waals surface area (Å²) in [7, 11) is 0. The van der Waals surface area contributed by atoms with E-state index in [9.17, 15) is 5.11 Å². The molecular formula is C11H22N2O2. The summed E-state index contributed by atoms with van der Waals surface area (Å²) < 4.78 is 5.49. The first-order valence-electron chi connectivity index (χ1n) is 6.05. The van der Waals surface area contributed by atoms with Gasteiger partial charge in [-0.1, -0.05) is 0 Å². The van der Waals surface area contributed by atoms with Gasteiger partial charge in [-0.15, -0.1) is 0 Å². The van der Waals surface area contributed by atoms with Gasteiger partial charge in [0.25, 0.3) is 0 Å². The van der Waals surface area contributed by atoms with Crippen molar-refractivity contribution >= 4 is 0 Å². The van der Waals surface area contributed by atoms with Gasteiger partial charge in [0.2, 0.25) is 0 Å². The van der Waals surface area contributed by atoms with Gasteiger partial charge >= 0.3 is 0 Å². The molecule has 2 N–H and O–H groups in total. The number of piperazine rings is 1. The summed E-state index contributed by atoms with van der Waals surface area (Å²) in [5.74, 6) is 0.408. The van der Waals surface area contributed by atoms with Gasteiger partial charge in [0.15, 0.2) is 0 Å². The van der Waals surface area contributed by atoms with Crippen LogP contribution < -0.4 is 5.32 Å². The lowest BCUT2D eigenvalue weighted by Crippen LogP contribution is -2.51. The van der Waals surface area contributed by atoms with Gasteiger partial charge < -0.3 is 15.2 Å². The zero-order chi connectivity index (χ0) is 10.5. The van der Waals surface area contributed by atoms with E-state index in [-0.39, 0.29) is 0 Å². The molecule has 0 bridgehead atoms. The summed E-state index contributed by atoms with van der Waals surface area (Å²) in [6.07, 6.45) is 2.08. The number of nitrogens with zero attached hydrogens (tertiary/aromatic N) is 1. The molecule has 0 aromatic carbocycles. The van der Waals surface area contributed by atoms with Crippen LogP contribution in [-0.2, 0) is 4.74 Å². The molecule has 2 heterocycles. The molecule has 2 atom stereocenters. The predicted octanol–water partition coefficient (Wildman–Crippen LogP) is -0.321. The van der Waals surface area contributed by atoms with Crippen molar-refractivity contribution in [2.45, 2.75) is 18.9 Å². The standard InChI is InChI=1S/C11H22N2O2/c14-9-10-1-7-15-8-2-11(10)13-5-3-12-4-6-13/h10-12,14H,1-9H2. The Morgan fingerprint density at radius 1 is 1.20 bits per heavy atom. The summed E-state index contributed by atoms with van der Waals surface area (Å²) in [5.41, 5.74) is 0. The molecule has 0 aromatic heterocycles. The van der Waals surface area contributed by atoms with Crippen LogP contribution in [0.2, 0.25) is 0 Å². The van der Waals surface area contributed by atoms with Crippen molar-refractivity contribution in [3.05, 3.63) is 0 Å². The van der Waals surface area contributed by atoms with Gasteiger partial charge in [-0.05, 0) is 18.8 Å². The number of nitrogens with one attached hydrogen (secondary N) is 1. The molecule has 15 heavy (non-hydrogen) atoms. The SMILES string of the molecule is OCC1CCOCCC1N1CCNCC1. The van der Waals surface area contributed by atoms with Crippen LogP contribution in [0.3, 0.4) is 0 Å². The van der Waals surface area contributed by atoms with Crippen molar-refractivity contribution in [2.75, 3.05) is 46.0 Å². The highest BCUT2D eigenvalue weighted by molar-refractivity contribution is 4.83. The second kappa shape index (κ2) is 5.80. The maximum absolute atomic E-state index is 9.42. The van der Waals surface area contributed by atoms with E-state index in [0.717, 1.165) is 52.2 Å². The van der Waals surface area contributed by atoms with Crippen LogP contribution in [0.4, 0.5) is 0 Å². The monoisotopic (exact) mass is 214 g/mol. The van der Waals surface area contributed by atoms with Crippen LogP contribution in [0.1, 0.15) is 12.8 Å². The number of aliphatic hydroxyl groups excluding tert-OH is 1. The predicted molar refractivity (Wildman–Crippen MR) is 58.9 cm³/mol. The second-order valence-electron chi connectivity index (χ2n) is 4.49. The highest BCUT2D eigenvalue weighted by atomic mass is 16.5. The molecule has 2 fully saturated rings. The molecule has 2 saturated heterocycles.